The lowest BCUT2D eigenvalue weighted by molar-refractivity contribution is 0.137. The van der Waals surface area contributed by atoms with E-state index in [9.17, 15) is 5.11 Å². The first-order chi connectivity index (χ1) is 14.7. The van der Waals surface area contributed by atoms with Crippen molar-refractivity contribution in [2.45, 2.75) is 17.4 Å². The summed E-state index contributed by atoms with van der Waals surface area (Å²) in [6.07, 6.45) is 0. The number of nitrogens with zero attached hydrogens (tertiary/aromatic N) is 1. The lowest BCUT2D eigenvalue weighted by Gasteiger charge is -2.19. The van der Waals surface area contributed by atoms with Crippen LogP contribution in [0.4, 0.5) is 0 Å². The van der Waals surface area contributed by atoms with E-state index in [4.69, 9.17) is 5.84 Å². The van der Waals surface area contributed by atoms with Crippen LogP contribution in [-0.2, 0) is 5.60 Å². The Kier molecular flexibility index (Phi) is 2.88. The van der Waals surface area contributed by atoms with Crippen molar-refractivity contribution < 1.29 is 5.11 Å². The van der Waals surface area contributed by atoms with E-state index in [0.29, 0.717) is 0 Å². The molecule has 0 aliphatic heterocycles. The molecule has 1 heterocycles. The molecule has 30 heavy (non-hydrogen) atoms. The lowest BCUT2D eigenvalue weighted by Crippen LogP contribution is -2.09. The van der Waals surface area contributed by atoms with Gasteiger partial charge in [-0.3, -0.25) is 4.68 Å². The van der Waals surface area contributed by atoms with Crippen molar-refractivity contribution in [2.75, 3.05) is 5.84 Å². The maximum absolute atomic E-state index is 11.9. The van der Waals surface area contributed by atoms with E-state index in [1.54, 1.807) is 4.68 Å². The normalized spacial score (nSPS) is 23.8. The Labute approximate surface area is 174 Å². The number of para-hydroxylation sites is 1. The fourth-order valence-electron chi connectivity index (χ4n) is 5.92. The minimum absolute atomic E-state index is 0.0501. The van der Waals surface area contributed by atoms with Crippen LogP contribution in [0.2, 0.25) is 0 Å². The second-order valence-corrected chi connectivity index (χ2v) is 8.55. The SMILES string of the molecule is Nn1c2ccccc2c2c3c(ccc21)C1[C@H](c2ccccc2-3)C1(O)c1ccccc1. The fourth-order valence-corrected chi connectivity index (χ4v) is 5.92. The van der Waals surface area contributed by atoms with Gasteiger partial charge in [0.25, 0.3) is 0 Å². The molecule has 144 valence electrons. The smallest absolute Gasteiger partial charge is 0.105 e. The largest absolute Gasteiger partial charge is 0.384 e. The van der Waals surface area contributed by atoms with Crippen LogP contribution in [0.1, 0.15) is 28.5 Å². The van der Waals surface area contributed by atoms with E-state index in [1.807, 2.05) is 36.4 Å². The van der Waals surface area contributed by atoms with Gasteiger partial charge in [0, 0.05) is 22.6 Å². The van der Waals surface area contributed by atoms with Crippen LogP contribution in [0.3, 0.4) is 0 Å². The molecule has 0 spiro atoms. The van der Waals surface area contributed by atoms with Crippen LogP contribution < -0.4 is 5.84 Å². The van der Waals surface area contributed by atoms with E-state index in [0.717, 1.165) is 22.0 Å². The monoisotopic (exact) mass is 388 g/mol. The maximum atomic E-state index is 11.9. The lowest BCUT2D eigenvalue weighted by atomic mass is 9.83. The first kappa shape index (κ1) is 16.3. The van der Waals surface area contributed by atoms with E-state index in [2.05, 4.69) is 54.6 Å². The molecule has 3 nitrogen and oxygen atoms in total. The van der Waals surface area contributed by atoms with Crippen LogP contribution in [-0.4, -0.2) is 9.78 Å². The summed E-state index contributed by atoms with van der Waals surface area (Å²) in [6.45, 7) is 0. The quantitative estimate of drug-likeness (QED) is 0.385. The number of benzene rings is 4. The molecule has 2 aliphatic rings. The van der Waals surface area contributed by atoms with Gasteiger partial charge >= 0.3 is 0 Å². The van der Waals surface area contributed by atoms with Gasteiger partial charge in [-0.15, -0.1) is 0 Å². The molecular formula is C27H20N2O. The molecule has 5 aromatic rings. The Hall–Kier alpha value is -3.56. The van der Waals surface area contributed by atoms with Gasteiger partial charge in [-0.25, -0.2) is 0 Å². The Morgan fingerprint density at radius 1 is 0.700 bits per heavy atom. The molecule has 0 radical (unpaired) electrons. The third-order valence-corrected chi connectivity index (χ3v) is 7.22. The molecule has 3 N–H and O–H groups in total. The average molecular weight is 388 g/mol. The van der Waals surface area contributed by atoms with Gasteiger partial charge in [0.1, 0.15) is 5.60 Å². The minimum Gasteiger partial charge on any atom is -0.384 e. The molecular weight excluding hydrogens is 368 g/mol. The minimum atomic E-state index is -0.878. The van der Waals surface area contributed by atoms with Gasteiger partial charge < -0.3 is 10.9 Å². The Bertz CT molecular complexity index is 1480. The summed E-state index contributed by atoms with van der Waals surface area (Å²) in [7, 11) is 0. The molecule has 1 saturated carbocycles. The van der Waals surface area contributed by atoms with E-state index in [-0.39, 0.29) is 11.8 Å². The van der Waals surface area contributed by atoms with Crippen molar-refractivity contribution >= 4 is 21.8 Å². The van der Waals surface area contributed by atoms with Crippen molar-refractivity contribution in [3.63, 3.8) is 0 Å². The highest BCUT2D eigenvalue weighted by atomic mass is 16.3. The number of nitrogen functional groups attached to an aromatic ring is 1. The summed E-state index contributed by atoms with van der Waals surface area (Å²) in [5.74, 6) is 6.61. The molecule has 0 bridgehead atoms. The number of aliphatic hydroxyl groups is 1. The zero-order chi connectivity index (χ0) is 20.0. The van der Waals surface area contributed by atoms with Crippen LogP contribution in [0.15, 0.2) is 91.0 Å². The highest BCUT2D eigenvalue weighted by molar-refractivity contribution is 6.16. The Morgan fingerprint density at radius 2 is 1.40 bits per heavy atom. The number of aromatic nitrogens is 1. The number of hydrogen-bond donors (Lipinski definition) is 2. The van der Waals surface area contributed by atoms with Gasteiger partial charge in [-0.05, 0) is 39.9 Å². The highest BCUT2D eigenvalue weighted by Crippen LogP contribution is 2.74. The molecule has 7 rings (SSSR count). The predicted molar refractivity (Wildman–Crippen MR) is 121 cm³/mol. The van der Waals surface area contributed by atoms with Gasteiger partial charge in [0.2, 0.25) is 0 Å². The van der Waals surface area contributed by atoms with Crippen molar-refractivity contribution in [1.82, 2.24) is 4.68 Å². The second kappa shape index (κ2) is 5.32. The summed E-state index contributed by atoms with van der Waals surface area (Å²) in [4.78, 5) is 0. The standard InChI is InChI=1S/C27H20N2O/c28-29-21-13-7-6-12-19(21)24-22(29)15-14-20-23(24)17-10-4-5-11-18(17)25-26(20)27(25,30)16-8-2-1-3-9-16/h1-15,25-26,30H,28H2/t25-,26?,27?/m0/s1. The van der Waals surface area contributed by atoms with Crippen molar-refractivity contribution in [2.24, 2.45) is 0 Å². The summed E-state index contributed by atoms with van der Waals surface area (Å²) < 4.78 is 1.79. The van der Waals surface area contributed by atoms with Crippen molar-refractivity contribution in [3.8, 4) is 11.1 Å². The van der Waals surface area contributed by atoms with Gasteiger partial charge in [0.15, 0.2) is 0 Å². The molecule has 4 aromatic carbocycles. The number of nitrogens with two attached hydrogens (primary N) is 1. The molecule has 0 saturated heterocycles. The summed E-state index contributed by atoms with van der Waals surface area (Å²) in [6, 6.07) is 31.2. The van der Waals surface area contributed by atoms with Gasteiger partial charge in [-0.1, -0.05) is 78.9 Å². The second-order valence-electron chi connectivity index (χ2n) is 8.55. The molecule has 2 aliphatic carbocycles. The summed E-state index contributed by atoms with van der Waals surface area (Å²) in [5, 5.41) is 14.2. The van der Waals surface area contributed by atoms with E-state index < -0.39 is 5.60 Å². The predicted octanol–water partition coefficient (Wildman–Crippen LogP) is 5.26. The van der Waals surface area contributed by atoms with Gasteiger partial charge in [0.05, 0.1) is 11.0 Å². The average Bonchev–Trinajstić information content (AvgIpc) is 3.35. The Balaban J connectivity index is 1.62. The van der Waals surface area contributed by atoms with Crippen LogP contribution in [0.5, 0.6) is 0 Å². The molecule has 3 atom stereocenters. The number of fused-ring (bicyclic) bond motifs is 10. The third-order valence-electron chi connectivity index (χ3n) is 7.22. The highest BCUT2D eigenvalue weighted by Gasteiger charge is 2.68. The van der Waals surface area contributed by atoms with Crippen LogP contribution >= 0.6 is 0 Å². The molecule has 0 amide bonds. The zero-order valence-corrected chi connectivity index (χ0v) is 16.3. The fraction of sp³-hybridized carbons (Fsp3) is 0.111. The first-order valence-corrected chi connectivity index (χ1v) is 10.4. The number of hydrogen-bond acceptors (Lipinski definition) is 2. The van der Waals surface area contributed by atoms with Crippen molar-refractivity contribution in [1.29, 1.82) is 0 Å². The third kappa shape index (κ3) is 1.76. The van der Waals surface area contributed by atoms with E-state index >= 15 is 0 Å². The zero-order valence-electron chi connectivity index (χ0n) is 16.3. The maximum Gasteiger partial charge on any atom is 0.105 e. The van der Waals surface area contributed by atoms with E-state index in [1.165, 1.54) is 27.6 Å². The number of rotatable bonds is 1. The molecule has 1 aromatic heterocycles. The van der Waals surface area contributed by atoms with Crippen molar-refractivity contribution in [3.05, 3.63) is 108 Å². The molecule has 2 unspecified atom stereocenters. The first-order valence-electron chi connectivity index (χ1n) is 10.4. The van der Waals surface area contributed by atoms with Gasteiger partial charge in [-0.2, -0.15) is 0 Å². The summed E-state index contributed by atoms with van der Waals surface area (Å²) >= 11 is 0. The van der Waals surface area contributed by atoms with Crippen LogP contribution in [0, 0.1) is 0 Å². The molecule has 1 fully saturated rings. The Morgan fingerprint density at radius 3 is 2.27 bits per heavy atom. The summed E-state index contributed by atoms with van der Waals surface area (Å²) in [5.41, 5.74) is 7.03. The molecule has 3 heteroatoms. The van der Waals surface area contributed by atoms with Crippen LogP contribution in [0.25, 0.3) is 32.9 Å². The topological polar surface area (TPSA) is 51.2 Å².